The van der Waals surface area contributed by atoms with E-state index in [9.17, 15) is 0 Å². The number of rotatable bonds is 1. The van der Waals surface area contributed by atoms with E-state index in [0.717, 1.165) is 55.0 Å². The Hall–Kier alpha value is -1.99. The van der Waals surface area contributed by atoms with Crippen molar-refractivity contribution in [3.8, 4) is 0 Å². The lowest BCUT2D eigenvalue weighted by Crippen LogP contribution is -2.52. The molecule has 7 heteroatoms. The van der Waals surface area contributed by atoms with Gasteiger partial charge in [-0.3, -0.25) is 9.89 Å². The van der Waals surface area contributed by atoms with E-state index in [2.05, 4.69) is 45.9 Å². The molecule has 1 aromatic rings. The molecule has 4 rings (SSSR count). The van der Waals surface area contributed by atoms with Gasteiger partial charge < -0.3 is 9.80 Å². The van der Waals surface area contributed by atoms with Crippen LogP contribution in [-0.2, 0) is 0 Å². The largest absolute Gasteiger partial charge is 0.351 e. The highest BCUT2D eigenvalue weighted by molar-refractivity contribution is 7.10. The lowest BCUT2D eigenvalue weighted by Gasteiger charge is -2.38. The van der Waals surface area contributed by atoms with Crippen molar-refractivity contribution < 1.29 is 0 Å². The van der Waals surface area contributed by atoms with Crippen molar-refractivity contribution in [1.29, 1.82) is 0 Å². The van der Waals surface area contributed by atoms with Gasteiger partial charge in [-0.1, -0.05) is 6.08 Å². The Morgan fingerprint density at radius 3 is 2.75 bits per heavy atom. The monoisotopic (exact) mass is 342 g/mol. The maximum Gasteiger partial charge on any atom is 0.176 e. The van der Waals surface area contributed by atoms with Gasteiger partial charge in [0.2, 0.25) is 0 Å². The van der Waals surface area contributed by atoms with Crippen LogP contribution in [0, 0.1) is 0 Å². The van der Waals surface area contributed by atoms with Crippen molar-refractivity contribution in [3.05, 3.63) is 35.1 Å². The summed E-state index contributed by atoms with van der Waals surface area (Å²) in [7, 11) is 2.17. The zero-order valence-corrected chi connectivity index (χ0v) is 14.9. The van der Waals surface area contributed by atoms with Gasteiger partial charge in [0.05, 0.1) is 12.2 Å². The third-order valence-electron chi connectivity index (χ3n) is 4.53. The summed E-state index contributed by atoms with van der Waals surface area (Å²) in [4.78, 5) is 21.1. The van der Waals surface area contributed by atoms with Gasteiger partial charge in [-0.25, -0.2) is 9.98 Å². The SMILES string of the molecule is CC1CC=CN2C(c3nccs3)=CN=C(N3CCN(C)CC3)C2=N1. The summed E-state index contributed by atoms with van der Waals surface area (Å²) >= 11 is 1.63. The number of aromatic nitrogens is 1. The van der Waals surface area contributed by atoms with Crippen LogP contribution in [0.15, 0.2) is 40.0 Å². The molecule has 0 saturated carbocycles. The molecule has 24 heavy (non-hydrogen) atoms. The molecule has 0 aliphatic carbocycles. The number of nitrogens with zero attached hydrogens (tertiary/aromatic N) is 6. The second-order valence-corrected chi connectivity index (χ2v) is 7.28. The van der Waals surface area contributed by atoms with Crippen LogP contribution in [0.2, 0.25) is 0 Å². The fourth-order valence-corrected chi connectivity index (χ4v) is 3.75. The van der Waals surface area contributed by atoms with E-state index in [0.29, 0.717) is 0 Å². The van der Waals surface area contributed by atoms with Crippen LogP contribution in [0.25, 0.3) is 5.70 Å². The Morgan fingerprint density at radius 2 is 2.00 bits per heavy atom. The van der Waals surface area contributed by atoms with Crippen molar-refractivity contribution in [1.82, 2.24) is 19.7 Å². The predicted octanol–water partition coefficient (Wildman–Crippen LogP) is 2.11. The van der Waals surface area contributed by atoms with Gasteiger partial charge in [0, 0.05) is 44.0 Å². The summed E-state index contributed by atoms with van der Waals surface area (Å²) in [5.41, 5.74) is 1.01. The zero-order chi connectivity index (χ0) is 16.5. The molecule has 1 fully saturated rings. The minimum Gasteiger partial charge on any atom is -0.351 e. The van der Waals surface area contributed by atoms with Crippen LogP contribution in [-0.4, -0.2) is 70.6 Å². The highest BCUT2D eigenvalue weighted by Crippen LogP contribution is 2.28. The molecule has 0 bridgehead atoms. The van der Waals surface area contributed by atoms with E-state index in [1.54, 1.807) is 11.3 Å². The summed E-state index contributed by atoms with van der Waals surface area (Å²) in [6.45, 7) is 6.24. The second kappa shape index (κ2) is 6.49. The molecule has 126 valence electrons. The maximum atomic E-state index is 4.96. The Labute approximate surface area is 146 Å². The Bertz CT molecular complexity index is 709. The number of fused-ring (bicyclic) bond motifs is 1. The predicted molar refractivity (Wildman–Crippen MR) is 99.1 cm³/mol. The lowest BCUT2D eigenvalue weighted by atomic mass is 10.2. The molecule has 1 atom stereocenters. The standard InChI is InChI=1S/C17H22N6S/c1-13-4-3-6-23-14(17-18-5-11-24-17)12-19-15(16(23)20-13)22-9-7-21(2)8-10-22/h3,5-6,11-13H,4,7-10H2,1-2H3. The van der Waals surface area contributed by atoms with Crippen LogP contribution < -0.4 is 0 Å². The topological polar surface area (TPSA) is 47.3 Å². The van der Waals surface area contributed by atoms with Crippen molar-refractivity contribution in [2.75, 3.05) is 33.2 Å². The average Bonchev–Trinajstić information content (AvgIpc) is 3.04. The van der Waals surface area contributed by atoms with E-state index in [-0.39, 0.29) is 6.04 Å². The first-order valence-corrected chi connectivity index (χ1v) is 9.26. The summed E-state index contributed by atoms with van der Waals surface area (Å²) in [5, 5.41) is 2.97. The lowest BCUT2D eigenvalue weighted by molar-refractivity contribution is 0.216. The normalized spacial score (nSPS) is 24.9. The first-order chi connectivity index (χ1) is 11.7. The number of aliphatic imine (C=N–C) groups is 2. The van der Waals surface area contributed by atoms with E-state index in [1.807, 2.05) is 17.8 Å². The molecule has 0 amide bonds. The number of thiazole rings is 1. The number of amidine groups is 2. The molecule has 6 nitrogen and oxygen atoms in total. The summed E-state index contributed by atoms with van der Waals surface area (Å²) in [5.74, 6) is 1.94. The second-order valence-electron chi connectivity index (χ2n) is 6.39. The first-order valence-electron chi connectivity index (χ1n) is 8.38. The minimum atomic E-state index is 0.259. The molecular formula is C17H22N6S. The average molecular weight is 342 g/mol. The van der Waals surface area contributed by atoms with Crippen LogP contribution >= 0.6 is 11.3 Å². The summed E-state index contributed by atoms with van der Waals surface area (Å²) in [6, 6.07) is 0.259. The summed E-state index contributed by atoms with van der Waals surface area (Å²) in [6.07, 6.45) is 9.03. The molecular weight excluding hydrogens is 320 g/mol. The third-order valence-corrected chi connectivity index (χ3v) is 5.32. The molecule has 1 aromatic heterocycles. The Balaban J connectivity index is 1.74. The van der Waals surface area contributed by atoms with Crippen molar-refractivity contribution in [2.24, 2.45) is 9.98 Å². The Kier molecular flexibility index (Phi) is 4.20. The number of piperazine rings is 1. The van der Waals surface area contributed by atoms with Crippen LogP contribution in [0.1, 0.15) is 18.4 Å². The van der Waals surface area contributed by atoms with Crippen LogP contribution in [0.4, 0.5) is 0 Å². The van der Waals surface area contributed by atoms with Gasteiger partial charge in [0.25, 0.3) is 0 Å². The zero-order valence-electron chi connectivity index (χ0n) is 14.1. The molecule has 0 spiro atoms. The first kappa shape index (κ1) is 15.5. The molecule has 1 unspecified atom stereocenters. The quantitative estimate of drug-likeness (QED) is 0.784. The molecule has 3 aliphatic heterocycles. The van der Waals surface area contributed by atoms with Gasteiger partial charge in [0.1, 0.15) is 10.7 Å². The third kappa shape index (κ3) is 2.89. The fourth-order valence-electron chi connectivity index (χ4n) is 3.11. The van der Waals surface area contributed by atoms with Gasteiger partial charge >= 0.3 is 0 Å². The van der Waals surface area contributed by atoms with Crippen LogP contribution in [0.3, 0.4) is 0 Å². The molecule has 0 radical (unpaired) electrons. The van der Waals surface area contributed by atoms with Crippen LogP contribution in [0.5, 0.6) is 0 Å². The van der Waals surface area contributed by atoms with Gasteiger partial charge in [-0.2, -0.15) is 0 Å². The van der Waals surface area contributed by atoms with Gasteiger partial charge in [-0.05, 0) is 20.4 Å². The number of hydrogen-bond acceptors (Lipinski definition) is 7. The highest BCUT2D eigenvalue weighted by Gasteiger charge is 2.31. The molecule has 1 saturated heterocycles. The Morgan fingerprint density at radius 1 is 1.17 bits per heavy atom. The van der Waals surface area contributed by atoms with E-state index < -0.39 is 0 Å². The smallest absolute Gasteiger partial charge is 0.176 e. The highest BCUT2D eigenvalue weighted by atomic mass is 32.1. The minimum absolute atomic E-state index is 0.259. The van der Waals surface area contributed by atoms with Gasteiger partial charge in [0.15, 0.2) is 11.7 Å². The number of hydrogen-bond donors (Lipinski definition) is 0. The van der Waals surface area contributed by atoms with E-state index in [4.69, 9.17) is 9.98 Å². The van der Waals surface area contributed by atoms with E-state index >= 15 is 0 Å². The van der Waals surface area contributed by atoms with Crippen molar-refractivity contribution in [3.63, 3.8) is 0 Å². The molecule has 0 aromatic carbocycles. The number of likely N-dealkylation sites (N-methyl/N-ethyl adjacent to an activating group) is 1. The van der Waals surface area contributed by atoms with Crippen molar-refractivity contribution in [2.45, 2.75) is 19.4 Å². The molecule has 3 aliphatic rings. The molecule has 0 N–H and O–H groups in total. The fraction of sp³-hybridized carbons (Fsp3) is 0.471. The summed E-state index contributed by atoms with van der Waals surface area (Å²) < 4.78 is 0. The van der Waals surface area contributed by atoms with Crippen molar-refractivity contribution >= 4 is 28.7 Å². The molecule has 4 heterocycles. The van der Waals surface area contributed by atoms with Gasteiger partial charge in [-0.15, -0.1) is 11.3 Å². The van der Waals surface area contributed by atoms with E-state index in [1.165, 1.54) is 0 Å². The maximum absolute atomic E-state index is 4.96.